The predicted octanol–water partition coefficient (Wildman–Crippen LogP) is 1.70. The molecule has 5 nitrogen and oxygen atoms in total. The van der Waals surface area contributed by atoms with Crippen molar-refractivity contribution in [1.82, 2.24) is 4.31 Å². The van der Waals surface area contributed by atoms with Gasteiger partial charge in [-0.2, -0.15) is 4.31 Å². The molecule has 1 aromatic rings. The van der Waals surface area contributed by atoms with E-state index >= 15 is 0 Å². The molecule has 21 heavy (non-hydrogen) atoms. The van der Waals surface area contributed by atoms with Crippen LogP contribution in [0.4, 0.5) is 13.2 Å². The topological polar surface area (TPSA) is 72.6 Å². The Balaban J connectivity index is 2.41. The van der Waals surface area contributed by atoms with Crippen LogP contribution in [0.1, 0.15) is 13.3 Å². The molecule has 1 saturated heterocycles. The lowest BCUT2D eigenvalue weighted by molar-refractivity contribution is -0.275. The van der Waals surface area contributed by atoms with Gasteiger partial charge >= 0.3 is 6.36 Å². The summed E-state index contributed by atoms with van der Waals surface area (Å²) >= 11 is 0. The van der Waals surface area contributed by atoms with E-state index in [0.29, 0.717) is 6.42 Å². The Labute approximate surface area is 120 Å². The number of nitrogens with two attached hydrogens (primary N) is 1. The zero-order chi connectivity index (χ0) is 15.8. The van der Waals surface area contributed by atoms with Crippen LogP contribution >= 0.6 is 0 Å². The van der Waals surface area contributed by atoms with Gasteiger partial charge in [0.25, 0.3) is 0 Å². The summed E-state index contributed by atoms with van der Waals surface area (Å²) in [5.41, 5.74) is 5.77. The molecule has 0 saturated carbocycles. The lowest BCUT2D eigenvalue weighted by Crippen LogP contribution is -2.40. The van der Waals surface area contributed by atoms with E-state index in [1.54, 1.807) is 6.92 Å². The first kappa shape index (κ1) is 16.1. The van der Waals surface area contributed by atoms with Crippen LogP contribution in [-0.2, 0) is 10.0 Å². The highest BCUT2D eigenvalue weighted by atomic mass is 32.2. The second-order valence-electron chi connectivity index (χ2n) is 4.80. The van der Waals surface area contributed by atoms with Gasteiger partial charge in [0, 0.05) is 18.6 Å². The average molecular weight is 324 g/mol. The van der Waals surface area contributed by atoms with Crippen LogP contribution in [0.2, 0.25) is 0 Å². The van der Waals surface area contributed by atoms with Crippen molar-refractivity contribution in [2.45, 2.75) is 36.7 Å². The second kappa shape index (κ2) is 5.47. The molecule has 0 aromatic heterocycles. The molecule has 2 N–H and O–H groups in total. The van der Waals surface area contributed by atoms with Crippen molar-refractivity contribution in [2.75, 3.05) is 6.54 Å². The Hall–Kier alpha value is -1.32. The van der Waals surface area contributed by atoms with Gasteiger partial charge in [0.2, 0.25) is 10.0 Å². The van der Waals surface area contributed by atoms with Crippen LogP contribution in [0.3, 0.4) is 0 Å². The highest BCUT2D eigenvalue weighted by Crippen LogP contribution is 2.33. The molecule has 2 unspecified atom stereocenters. The van der Waals surface area contributed by atoms with Gasteiger partial charge in [-0.15, -0.1) is 13.2 Å². The fourth-order valence-electron chi connectivity index (χ4n) is 2.27. The van der Waals surface area contributed by atoms with Crippen LogP contribution in [-0.4, -0.2) is 37.7 Å². The Bertz CT molecular complexity index is 618. The molecule has 0 bridgehead atoms. The number of halogens is 3. The van der Waals surface area contributed by atoms with E-state index in [1.165, 1.54) is 12.1 Å². The Kier molecular flexibility index (Phi) is 4.18. The lowest BCUT2D eigenvalue weighted by Gasteiger charge is -2.24. The molecule has 1 aliphatic rings. The molecule has 1 aromatic carbocycles. The summed E-state index contributed by atoms with van der Waals surface area (Å²) in [5.74, 6) is -0.738. The van der Waals surface area contributed by atoms with Crippen LogP contribution in [0.25, 0.3) is 0 Å². The SMILES string of the molecule is CC1C(N)CCN1S(=O)(=O)c1ccccc1OC(F)(F)F. The molecule has 2 rings (SSSR count). The molecular formula is C12H15F3N2O3S. The summed E-state index contributed by atoms with van der Waals surface area (Å²) in [4.78, 5) is -0.511. The second-order valence-corrected chi connectivity index (χ2v) is 6.66. The number of nitrogens with zero attached hydrogens (tertiary/aromatic N) is 1. The molecule has 0 amide bonds. The monoisotopic (exact) mass is 324 g/mol. The van der Waals surface area contributed by atoms with Crippen LogP contribution in [0.5, 0.6) is 5.75 Å². The van der Waals surface area contributed by atoms with Gasteiger partial charge in [0.15, 0.2) is 0 Å². The van der Waals surface area contributed by atoms with Gasteiger partial charge in [0.05, 0.1) is 0 Å². The Morgan fingerprint density at radius 2 is 1.95 bits per heavy atom. The van der Waals surface area contributed by atoms with Gasteiger partial charge in [-0.1, -0.05) is 12.1 Å². The minimum atomic E-state index is -4.96. The number of alkyl halides is 3. The number of hydrogen-bond acceptors (Lipinski definition) is 4. The first-order valence-electron chi connectivity index (χ1n) is 6.25. The Morgan fingerprint density at radius 3 is 2.48 bits per heavy atom. The third-order valence-electron chi connectivity index (χ3n) is 3.42. The minimum absolute atomic E-state index is 0.172. The zero-order valence-corrected chi connectivity index (χ0v) is 12.0. The molecular weight excluding hydrogens is 309 g/mol. The smallest absolute Gasteiger partial charge is 0.404 e. The van der Waals surface area contributed by atoms with Crippen molar-refractivity contribution in [3.05, 3.63) is 24.3 Å². The van der Waals surface area contributed by atoms with Crippen molar-refractivity contribution < 1.29 is 26.3 Å². The third-order valence-corrected chi connectivity index (χ3v) is 5.44. The normalized spacial score (nSPS) is 24.2. The van der Waals surface area contributed by atoms with Crippen LogP contribution in [0, 0.1) is 0 Å². The van der Waals surface area contributed by atoms with E-state index in [9.17, 15) is 21.6 Å². The number of ether oxygens (including phenoxy) is 1. The number of hydrogen-bond donors (Lipinski definition) is 1. The molecule has 9 heteroatoms. The standard InChI is InChI=1S/C12H15F3N2O3S/c1-8-9(16)6-7-17(8)21(18,19)11-5-3-2-4-10(11)20-12(13,14)15/h2-5,8-9H,6-7,16H2,1H3. The average Bonchev–Trinajstić information content (AvgIpc) is 2.69. The van der Waals surface area contributed by atoms with E-state index in [2.05, 4.69) is 4.74 Å². The number of rotatable bonds is 3. The summed E-state index contributed by atoms with van der Waals surface area (Å²) in [6.45, 7) is 1.80. The minimum Gasteiger partial charge on any atom is -0.404 e. The van der Waals surface area contributed by atoms with Gasteiger partial charge < -0.3 is 10.5 Å². The molecule has 0 radical (unpaired) electrons. The largest absolute Gasteiger partial charge is 0.573 e. The number of para-hydroxylation sites is 1. The van der Waals surface area contributed by atoms with Gasteiger partial charge in [-0.25, -0.2) is 8.42 Å². The van der Waals surface area contributed by atoms with E-state index < -0.39 is 33.1 Å². The summed E-state index contributed by atoms with van der Waals surface area (Å²) in [6, 6.07) is 3.87. The van der Waals surface area contributed by atoms with Gasteiger partial charge in [0.1, 0.15) is 10.6 Å². The number of benzene rings is 1. The highest BCUT2D eigenvalue weighted by molar-refractivity contribution is 7.89. The Morgan fingerprint density at radius 1 is 1.33 bits per heavy atom. The number of sulfonamides is 1. The van der Waals surface area contributed by atoms with Crippen molar-refractivity contribution >= 4 is 10.0 Å². The molecule has 0 spiro atoms. The van der Waals surface area contributed by atoms with Crippen molar-refractivity contribution in [2.24, 2.45) is 5.73 Å². The van der Waals surface area contributed by atoms with Gasteiger partial charge in [-0.05, 0) is 25.5 Å². The van der Waals surface area contributed by atoms with E-state index in [-0.39, 0.29) is 12.6 Å². The fraction of sp³-hybridized carbons (Fsp3) is 0.500. The zero-order valence-electron chi connectivity index (χ0n) is 11.2. The highest BCUT2D eigenvalue weighted by Gasteiger charge is 2.40. The maximum absolute atomic E-state index is 12.5. The lowest BCUT2D eigenvalue weighted by atomic mass is 10.2. The summed E-state index contributed by atoms with van der Waals surface area (Å²) < 4.78 is 67.1. The summed E-state index contributed by atoms with van der Waals surface area (Å²) in [5, 5.41) is 0. The van der Waals surface area contributed by atoms with Crippen molar-refractivity contribution in [3.8, 4) is 5.75 Å². The van der Waals surface area contributed by atoms with Crippen molar-refractivity contribution in [1.29, 1.82) is 0 Å². The summed E-state index contributed by atoms with van der Waals surface area (Å²) in [7, 11) is -4.10. The maximum Gasteiger partial charge on any atom is 0.573 e. The van der Waals surface area contributed by atoms with Gasteiger partial charge in [-0.3, -0.25) is 0 Å². The predicted molar refractivity (Wildman–Crippen MR) is 69.1 cm³/mol. The molecule has 118 valence electrons. The molecule has 1 fully saturated rings. The van der Waals surface area contributed by atoms with Crippen molar-refractivity contribution in [3.63, 3.8) is 0 Å². The van der Waals surface area contributed by atoms with Crippen LogP contribution < -0.4 is 10.5 Å². The molecule has 1 aliphatic heterocycles. The summed E-state index contributed by atoms with van der Waals surface area (Å²) in [6.07, 6.45) is -4.50. The van der Waals surface area contributed by atoms with Crippen LogP contribution in [0.15, 0.2) is 29.2 Å². The quantitative estimate of drug-likeness (QED) is 0.918. The van der Waals surface area contributed by atoms with E-state index in [0.717, 1.165) is 16.4 Å². The maximum atomic E-state index is 12.5. The fourth-order valence-corrected chi connectivity index (χ4v) is 4.08. The third kappa shape index (κ3) is 3.30. The first-order chi connectivity index (χ1) is 9.63. The molecule has 0 aliphatic carbocycles. The van der Waals surface area contributed by atoms with E-state index in [4.69, 9.17) is 5.73 Å². The first-order valence-corrected chi connectivity index (χ1v) is 7.69. The molecule has 2 atom stereocenters. The van der Waals surface area contributed by atoms with E-state index in [1.807, 2.05) is 0 Å². The molecule has 1 heterocycles.